The van der Waals surface area contributed by atoms with E-state index in [1.165, 1.54) is 29.2 Å². The molecule has 33 heavy (non-hydrogen) atoms. The third-order valence-electron chi connectivity index (χ3n) is 5.05. The van der Waals surface area contributed by atoms with Crippen LogP contribution in [0.15, 0.2) is 71.6 Å². The number of carbonyl (C=O) groups is 1. The molecule has 0 fully saturated rings. The van der Waals surface area contributed by atoms with Gasteiger partial charge in [0, 0.05) is 19.2 Å². The fourth-order valence-corrected chi connectivity index (χ4v) is 4.37. The summed E-state index contributed by atoms with van der Waals surface area (Å²) in [6, 6.07) is 17.4. The molecule has 1 N–H and O–H groups in total. The number of halogens is 2. The maximum absolute atomic E-state index is 13.1. The highest BCUT2D eigenvalue weighted by Gasteiger charge is 2.21. The Morgan fingerprint density at radius 2 is 1.67 bits per heavy atom. The van der Waals surface area contributed by atoms with Gasteiger partial charge in [0.15, 0.2) is 0 Å². The molecule has 0 aliphatic heterocycles. The number of nitrogens with one attached hydrogen (secondary N) is 1. The summed E-state index contributed by atoms with van der Waals surface area (Å²) in [5.41, 5.74) is 2.82. The van der Waals surface area contributed by atoms with E-state index in [4.69, 9.17) is 0 Å². The Morgan fingerprint density at radius 1 is 1.00 bits per heavy atom. The standard InChI is InChI=1S/C24H24F2N2O4S/c1-16-8-13-20(33(30,31)27-22-7-5-4-6-17(22)2)14-21(16)23(29)28(3)15-18-9-11-19(12-10-18)32-24(25)26/h4-14,24,27H,15H2,1-3H3. The number of anilines is 1. The number of benzene rings is 3. The smallest absolute Gasteiger partial charge is 0.387 e. The van der Waals surface area contributed by atoms with E-state index in [2.05, 4.69) is 9.46 Å². The van der Waals surface area contributed by atoms with Gasteiger partial charge in [0.25, 0.3) is 15.9 Å². The summed E-state index contributed by atoms with van der Waals surface area (Å²) in [7, 11) is -2.32. The molecule has 0 unspecified atom stereocenters. The Balaban J connectivity index is 1.79. The summed E-state index contributed by atoms with van der Waals surface area (Å²) in [6.45, 7) is 0.809. The van der Waals surface area contributed by atoms with Gasteiger partial charge in [-0.05, 0) is 60.9 Å². The summed E-state index contributed by atoms with van der Waals surface area (Å²) in [4.78, 5) is 14.5. The van der Waals surface area contributed by atoms with Crippen LogP contribution in [0.5, 0.6) is 5.75 Å². The number of nitrogens with zero attached hydrogens (tertiary/aromatic N) is 1. The van der Waals surface area contributed by atoms with Gasteiger partial charge < -0.3 is 9.64 Å². The van der Waals surface area contributed by atoms with Crippen LogP contribution in [0.1, 0.15) is 27.0 Å². The minimum absolute atomic E-state index is 0.0256. The molecule has 3 aromatic carbocycles. The zero-order valence-electron chi connectivity index (χ0n) is 18.4. The molecule has 3 aromatic rings. The lowest BCUT2D eigenvalue weighted by atomic mass is 10.1. The van der Waals surface area contributed by atoms with Crippen molar-refractivity contribution in [2.45, 2.75) is 31.9 Å². The van der Waals surface area contributed by atoms with Crippen molar-refractivity contribution in [1.82, 2.24) is 4.90 Å². The largest absolute Gasteiger partial charge is 0.435 e. The van der Waals surface area contributed by atoms with Crippen molar-refractivity contribution in [3.05, 3.63) is 89.0 Å². The first kappa shape index (κ1) is 24.2. The van der Waals surface area contributed by atoms with Gasteiger partial charge in [0.1, 0.15) is 5.75 Å². The fraction of sp³-hybridized carbons (Fsp3) is 0.208. The van der Waals surface area contributed by atoms with Gasteiger partial charge in [-0.2, -0.15) is 8.78 Å². The van der Waals surface area contributed by atoms with Gasteiger partial charge in [0.05, 0.1) is 10.6 Å². The van der Waals surface area contributed by atoms with Crippen molar-refractivity contribution in [2.24, 2.45) is 0 Å². The average molecular weight is 475 g/mol. The molecule has 6 nitrogen and oxygen atoms in total. The quantitative estimate of drug-likeness (QED) is 0.500. The van der Waals surface area contributed by atoms with Crippen LogP contribution in [0.4, 0.5) is 14.5 Å². The lowest BCUT2D eigenvalue weighted by molar-refractivity contribution is -0.0498. The van der Waals surface area contributed by atoms with Crippen molar-refractivity contribution in [2.75, 3.05) is 11.8 Å². The summed E-state index contributed by atoms with van der Waals surface area (Å²) >= 11 is 0. The second-order valence-electron chi connectivity index (χ2n) is 7.58. The molecular weight excluding hydrogens is 450 g/mol. The number of aryl methyl sites for hydroxylation is 2. The topological polar surface area (TPSA) is 75.7 Å². The lowest BCUT2D eigenvalue weighted by Gasteiger charge is -2.19. The van der Waals surface area contributed by atoms with Crippen LogP contribution in [0.3, 0.4) is 0 Å². The van der Waals surface area contributed by atoms with Crippen LogP contribution >= 0.6 is 0 Å². The first-order valence-corrected chi connectivity index (χ1v) is 11.5. The Kier molecular flexibility index (Phi) is 7.33. The molecule has 174 valence electrons. The number of carbonyl (C=O) groups excluding carboxylic acids is 1. The fourth-order valence-electron chi connectivity index (χ4n) is 3.22. The highest BCUT2D eigenvalue weighted by Crippen LogP contribution is 2.23. The minimum Gasteiger partial charge on any atom is -0.435 e. The molecule has 0 aromatic heterocycles. The second kappa shape index (κ2) is 9.99. The van der Waals surface area contributed by atoms with E-state index in [9.17, 15) is 22.0 Å². The summed E-state index contributed by atoms with van der Waals surface area (Å²) in [5.74, 6) is -0.342. The molecule has 0 heterocycles. The number of hydrogen-bond acceptors (Lipinski definition) is 4. The number of amides is 1. The SMILES string of the molecule is Cc1ccccc1NS(=O)(=O)c1ccc(C)c(C(=O)N(C)Cc2ccc(OC(F)F)cc2)c1. The zero-order chi connectivity index (χ0) is 24.2. The minimum atomic E-state index is -3.90. The molecule has 0 aliphatic carbocycles. The highest BCUT2D eigenvalue weighted by molar-refractivity contribution is 7.92. The third-order valence-corrected chi connectivity index (χ3v) is 6.42. The van der Waals surface area contributed by atoms with Crippen LogP contribution < -0.4 is 9.46 Å². The van der Waals surface area contributed by atoms with Crippen LogP contribution in [0.25, 0.3) is 0 Å². The molecule has 0 bridgehead atoms. The molecule has 3 rings (SSSR count). The molecule has 1 amide bonds. The maximum Gasteiger partial charge on any atom is 0.387 e. The van der Waals surface area contributed by atoms with Crippen LogP contribution in [-0.4, -0.2) is 32.9 Å². The second-order valence-corrected chi connectivity index (χ2v) is 9.26. The van der Waals surface area contributed by atoms with Gasteiger partial charge in [0.2, 0.25) is 0 Å². The van der Waals surface area contributed by atoms with Crippen LogP contribution in [0, 0.1) is 13.8 Å². The lowest BCUT2D eigenvalue weighted by Crippen LogP contribution is -2.27. The van der Waals surface area contributed by atoms with Crippen molar-refractivity contribution in [3.8, 4) is 5.75 Å². The van der Waals surface area contributed by atoms with Crippen LogP contribution in [0.2, 0.25) is 0 Å². The number of rotatable bonds is 8. The van der Waals surface area contributed by atoms with E-state index in [0.29, 0.717) is 16.8 Å². The van der Waals surface area contributed by atoms with Gasteiger partial charge in [-0.3, -0.25) is 9.52 Å². The zero-order valence-corrected chi connectivity index (χ0v) is 19.2. The molecule has 9 heteroatoms. The van der Waals surface area contributed by atoms with Crippen molar-refractivity contribution >= 4 is 21.6 Å². The van der Waals surface area contributed by atoms with E-state index < -0.39 is 16.6 Å². The Morgan fingerprint density at radius 3 is 2.30 bits per heavy atom. The maximum atomic E-state index is 13.1. The Hall–Kier alpha value is -3.46. The molecule has 0 aliphatic rings. The third kappa shape index (κ3) is 6.07. The van der Waals surface area contributed by atoms with E-state index in [1.54, 1.807) is 57.3 Å². The molecule has 0 radical (unpaired) electrons. The van der Waals surface area contributed by atoms with Crippen molar-refractivity contribution in [3.63, 3.8) is 0 Å². The van der Waals surface area contributed by atoms with Gasteiger partial charge in [-0.25, -0.2) is 8.42 Å². The molecular formula is C24H24F2N2O4S. The van der Waals surface area contributed by atoms with E-state index >= 15 is 0 Å². The Labute approximate surface area is 191 Å². The molecule has 0 atom stereocenters. The van der Waals surface area contributed by atoms with Crippen molar-refractivity contribution in [1.29, 1.82) is 0 Å². The van der Waals surface area contributed by atoms with E-state index in [1.807, 2.05) is 6.07 Å². The molecule has 0 saturated heterocycles. The van der Waals surface area contributed by atoms with E-state index in [0.717, 1.165) is 5.56 Å². The number of sulfonamides is 1. The van der Waals surface area contributed by atoms with Crippen molar-refractivity contribution < 1.29 is 26.7 Å². The first-order chi connectivity index (χ1) is 15.6. The normalized spacial score (nSPS) is 11.3. The van der Waals surface area contributed by atoms with Gasteiger partial charge in [-0.1, -0.05) is 36.4 Å². The highest BCUT2D eigenvalue weighted by atomic mass is 32.2. The van der Waals surface area contributed by atoms with Gasteiger partial charge >= 0.3 is 6.61 Å². The predicted molar refractivity (Wildman–Crippen MR) is 122 cm³/mol. The molecule has 0 saturated carbocycles. The summed E-state index contributed by atoms with van der Waals surface area (Å²) in [5, 5.41) is 0. The number of alkyl halides is 2. The van der Waals surface area contributed by atoms with Crippen LogP contribution in [-0.2, 0) is 16.6 Å². The predicted octanol–water partition coefficient (Wildman–Crippen LogP) is 4.98. The Bertz CT molecular complexity index is 1250. The van der Waals surface area contributed by atoms with E-state index in [-0.39, 0.29) is 28.7 Å². The summed E-state index contributed by atoms with van der Waals surface area (Å²) in [6.07, 6.45) is 0. The number of para-hydroxylation sites is 1. The number of ether oxygens (including phenoxy) is 1. The first-order valence-electron chi connectivity index (χ1n) is 10.0. The monoisotopic (exact) mass is 474 g/mol. The van der Waals surface area contributed by atoms with Gasteiger partial charge in [-0.15, -0.1) is 0 Å². The molecule has 0 spiro atoms. The number of hydrogen-bond donors (Lipinski definition) is 1. The summed E-state index contributed by atoms with van der Waals surface area (Å²) < 4.78 is 57.3. The average Bonchev–Trinajstić information content (AvgIpc) is 2.76.